The summed E-state index contributed by atoms with van der Waals surface area (Å²) < 4.78 is 13.4. The summed E-state index contributed by atoms with van der Waals surface area (Å²) >= 11 is 4.77. The Morgan fingerprint density at radius 2 is 1.83 bits per heavy atom. The van der Waals surface area contributed by atoms with Crippen molar-refractivity contribution in [3.05, 3.63) is 39.3 Å². The van der Waals surface area contributed by atoms with Crippen LogP contribution in [0.3, 0.4) is 0 Å². The predicted octanol–water partition coefficient (Wildman–Crippen LogP) is 5.05. The third-order valence-electron chi connectivity index (χ3n) is 4.57. The first-order valence-electron chi connectivity index (χ1n) is 7.97. The van der Waals surface area contributed by atoms with E-state index in [0.717, 1.165) is 21.1 Å². The Morgan fingerprint density at radius 1 is 1.25 bits per heavy atom. The molecule has 0 aliphatic carbocycles. The van der Waals surface area contributed by atoms with Gasteiger partial charge in [-0.25, -0.2) is 0 Å². The van der Waals surface area contributed by atoms with Crippen molar-refractivity contribution in [2.45, 2.75) is 52.7 Å². The lowest BCUT2D eigenvalue weighted by Crippen LogP contribution is -2.41. The van der Waals surface area contributed by atoms with E-state index in [1.807, 2.05) is 33.8 Å². The van der Waals surface area contributed by atoms with Gasteiger partial charge in [-0.1, -0.05) is 39.8 Å². The number of halogens is 1. The van der Waals surface area contributed by atoms with E-state index >= 15 is 0 Å². The summed E-state index contributed by atoms with van der Waals surface area (Å²) in [5, 5.41) is 0.0879. The standard InChI is InChI=1S/C18H24BBrO3S/c1-12-9-16(20)8-7-14(12)10-15(11-24-13(2)21)19-22-17(3,4)18(5,6)23-19/h7-10H,11H2,1-6H3. The van der Waals surface area contributed by atoms with Gasteiger partial charge in [-0.3, -0.25) is 4.79 Å². The number of aryl methyl sites for hydroxylation is 1. The van der Waals surface area contributed by atoms with Gasteiger partial charge in [0.25, 0.3) is 0 Å². The van der Waals surface area contributed by atoms with Crippen LogP contribution in [0, 0.1) is 6.92 Å². The lowest BCUT2D eigenvalue weighted by Gasteiger charge is -2.32. The second kappa shape index (κ2) is 7.36. The minimum absolute atomic E-state index is 0.0879. The highest BCUT2D eigenvalue weighted by atomic mass is 79.9. The second-order valence-electron chi connectivity index (χ2n) is 7.09. The maximum absolute atomic E-state index is 11.4. The highest BCUT2D eigenvalue weighted by Crippen LogP contribution is 2.39. The maximum atomic E-state index is 11.4. The van der Waals surface area contributed by atoms with Gasteiger partial charge in [-0.05, 0) is 63.4 Å². The molecule has 1 aliphatic rings. The molecule has 2 rings (SSSR count). The molecule has 0 aromatic heterocycles. The van der Waals surface area contributed by atoms with Gasteiger partial charge in [0.1, 0.15) is 0 Å². The van der Waals surface area contributed by atoms with Gasteiger partial charge in [0.15, 0.2) is 5.12 Å². The van der Waals surface area contributed by atoms with Crippen molar-refractivity contribution in [1.82, 2.24) is 0 Å². The Balaban J connectivity index is 2.35. The van der Waals surface area contributed by atoms with Gasteiger partial charge >= 0.3 is 7.12 Å². The number of rotatable bonds is 4. The molecule has 0 amide bonds. The van der Waals surface area contributed by atoms with E-state index in [1.165, 1.54) is 11.8 Å². The summed E-state index contributed by atoms with van der Waals surface area (Å²) in [6.45, 7) is 11.8. The van der Waals surface area contributed by atoms with Gasteiger partial charge in [0, 0.05) is 17.1 Å². The molecule has 1 aromatic carbocycles. The fourth-order valence-corrected chi connectivity index (χ4v) is 3.42. The van der Waals surface area contributed by atoms with Crippen LogP contribution in [-0.4, -0.2) is 29.2 Å². The van der Waals surface area contributed by atoms with Crippen molar-refractivity contribution in [2.24, 2.45) is 0 Å². The minimum Gasteiger partial charge on any atom is -0.400 e. The van der Waals surface area contributed by atoms with E-state index in [-0.39, 0.29) is 5.12 Å². The molecule has 3 nitrogen and oxygen atoms in total. The first-order chi connectivity index (χ1) is 11.0. The molecule has 1 heterocycles. The number of hydrogen-bond acceptors (Lipinski definition) is 4. The van der Waals surface area contributed by atoms with E-state index < -0.39 is 18.3 Å². The van der Waals surface area contributed by atoms with Crippen LogP contribution >= 0.6 is 27.7 Å². The molecule has 1 fully saturated rings. The Labute approximate surface area is 157 Å². The van der Waals surface area contributed by atoms with Crippen LogP contribution in [-0.2, 0) is 14.1 Å². The molecule has 0 radical (unpaired) electrons. The average molecular weight is 411 g/mol. The van der Waals surface area contributed by atoms with Crippen LogP contribution in [0.5, 0.6) is 0 Å². The molecule has 1 aliphatic heterocycles. The first kappa shape index (κ1) is 19.8. The molecule has 24 heavy (non-hydrogen) atoms. The molecule has 0 bridgehead atoms. The normalized spacial score (nSPS) is 19.6. The van der Waals surface area contributed by atoms with Crippen LogP contribution in [0.25, 0.3) is 6.08 Å². The highest BCUT2D eigenvalue weighted by molar-refractivity contribution is 9.10. The van der Waals surface area contributed by atoms with Crippen molar-refractivity contribution in [2.75, 3.05) is 5.75 Å². The Morgan fingerprint density at radius 3 is 2.33 bits per heavy atom. The van der Waals surface area contributed by atoms with E-state index in [9.17, 15) is 4.79 Å². The van der Waals surface area contributed by atoms with Gasteiger partial charge in [-0.15, -0.1) is 0 Å². The molecule has 1 aromatic rings. The summed E-state index contributed by atoms with van der Waals surface area (Å²) in [6, 6.07) is 6.15. The molecule has 1 saturated heterocycles. The fraction of sp³-hybridized carbons (Fsp3) is 0.500. The maximum Gasteiger partial charge on any atom is 0.491 e. The number of hydrogen-bond donors (Lipinski definition) is 0. The molecule has 0 N–H and O–H groups in total. The Kier molecular flexibility index (Phi) is 6.06. The van der Waals surface area contributed by atoms with Crippen LogP contribution in [0.15, 0.2) is 28.1 Å². The van der Waals surface area contributed by atoms with Crippen molar-refractivity contribution in [3.8, 4) is 0 Å². The zero-order valence-electron chi connectivity index (χ0n) is 15.1. The molecular weight excluding hydrogens is 387 g/mol. The molecule has 0 spiro atoms. The monoisotopic (exact) mass is 410 g/mol. The predicted molar refractivity (Wildman–Crippen MR) is 106 cm³/mol. The Bertz CT molecular complexity index is 654. The second-order valence-corrected chi connectivity index (χ2v) is 9.16. The van der Waals surface area contributed by atoms with Crippen LogP contribution in [0.1, 0.15) is 45.7 Å². The Hall–Kier alpha value is -0.555. The zero-order chi connectivity index (χ0) is 18.1. The van der Waals surface area contributed by atoms with E-state index in [4.69, 9.17) is 9.31 Å². The minimum atomic E-state index is -0.440. The van der Waals surface area contributed by atoms with E-state index in [1.54, 1.807) is 6.92 Å². The van der Waals surface area contributed by atoms with E-state index in [0.29, 0.717) is 5.75 Å². The number of carbonyl (C=O) groups excluding carboxylic acids is 1. The lowest BCUT2D eigenvalue weighted by molar-refractivity contribution is -0.109. The molecule has 6 heteroatoms. The molecule has 0 saturated carbocycles. The molecule has 130 valence electrons. The van der Waals surface area contributed by atoms with Crippen molar-refractivity contribution < 1.29 is 14.1 Å². The van der Waals surface area contributed by atoms with Crippen molar-refractivity contribution in [3.63, 3.8) is 0 Å². The average Bonchev–Trinajstić information content (AvgIpc) is 2.65. The smallest absolute Gasteiger partial charge is 0.400 e. The number of thioether (sulfide) groups is 1. The van der Waals surface area contributed by atoms with Gasteiger partial charge in [-0.2, -0.15) is 0 Å². The summed E-state index contributed by atoms with van der Waals surface area (Å²) in [4.78, 5) is 11.4. The molecular formula is C18H24BBrO3S. The van der Waals surface area contributed by atoms with Crippen molar-refractivity contribution in [1.29, 1.82) is 0 Å². The highest BCUT2D eigenvalue weighted by Gasteiger charge is 2.52. The van der Waals surface area contributed by atoms with Crippen LogP contribution < -0.4 is 0 Å². The van der Waals surface area contributed by atoms with Crippen molar-refractivity contribution >= 4 is 46.0 Å². The number of carbonyl (C=O) groups is 1. The molecule has 0 unspecified atom stereocenters. The van der Waals surface area contributed by atoms with Gasteiger partial charge in [0.05, 0.1) is 11.2 Å². The number of benzene rings is 1. The summed E-state index contributed by atoms with van der Waals surface area (Å²) in [5.74, 6) is 0.557. The fourth-order valence-electron chi connectivity index (χ4n) is 2.36. The van der Waals surface area contributed by atoms with E-state index in [2.05, 4.69) is 41.1 Å². The van der Waals surface area contributed by atoms with Crippen LogP contribution in [0.2, 0.25) is 0 Å². The van der Waals surface area contributed by atoms with Gasteiger partial charge < -0.3 is 9.31 Å². The largest absolute Gasteiger partial charge is 0.491 e. The summed E-state index contributed by atoms with van der Waals surface area (Å²) in [6.07, 6.45) is 2.08. The lowest BCUT2D eigenvalue weighted by atomic mass is 9.78. The topological polar surface area (TPSA) is 35.5 Å². The zero-order valence-corrected chi connectivity index (χ0v) is 17.5. The van der Waals surface area contributed by atoms with Gasteiger partial charge in [0.2, 0.25) is 0 Å². The third-order valence-corrected chi connectivity index (χ3v) is 5.95. The third kappa shape index (κ3) is 4.54. The van der Waals surface area contributed by atoms with Crippen LogP contribution in [0.4, 0.5) is 0 Å². The quantitative estimate of drug-likeness (QED) is 0.650. The summed E-state index contributed by atoms with van der Waals surface area (Å²) in [7, 11) is -0.440. The molecule has 0 atom stereocenters. The SMILES string of the molecule is CC(=O)SCC(=Cc1ccc(Br)cc1C)B1OC(C)(C)C(C)(C)O1. The summed E-state index contributed by atoms with van der Waals surface area (Å²) in [5.41, 5.74) is 2.44. The first-order valence-corrected chi connectivity index (χ1v) is 9.75.